The third kappa shape index (κ3) is 3.90. The van der Waals surface area contributed by atoms with E-state index in [1.54, 1.807) is 35.4 Å². The fourth-order valence-corrected chi connectivity index (χ4v) is 3.44. The zero-order valence-corrected chi connectivity index (χ0v) is 16.4. The molecule has 1 aromatic carbocycles. The van der Waals surface area contributed by atoms with Crippen LogP contribution in [0.1, 0.15) is 0 Å². The van der Waals surface area contributed by atoms with Crippen LogP contribution < -0.4 is 9.80 Å². The Morgan fingerprint density at radius 1 is 1.07 bits per heavy atom. The van der Waals surface area contributed by atoms with Crippen LogP contribution >= 0.6 is 11.6 Å². The second kappa shape index (κ2) is 8.95. The molecule has 0 N–H and O–H groups in total. The molecule has 0 spiro atoms. The largest absolute Gasteiger partial charge is 0.465 e. The first-order valence-electron chi connectivity index (χ1n) is 8.74. The molecule has 8 heteroatoms. The molecule has 0 aliphatic carbocycles. The Kier molecular flexibility index (Phi) is 6.38. The number of methoxy groups -OCH3 is 2. The summed E-state index contributed by atoms with van der Waals surface area (Å²) >= 11 is 6.54. The summed E-state index contributed by atoms with van der Waals surface area (Å²) in [6, 6.07) is 5.42. The van der Waals surface area contributed by atoms with E-state index in [-0.39, 0.29) is 11.3 Å². The number of halogens is 1. The fraction of sp³-hybridized carbons (Fsp3) is 0.300. The van der Waals surface area contributed by atoms with E-state index < -0.39 is 11.9 Å². The Labute approximate surface area is 168 Å². The third-order valence-electron chi connectivity index (χ3n) is 4.44. The summed E-state index contributed by atoms with van der Waals surface area (Å²) in [7, 11) is 2.53. The molecule has 1 aromatic rings. The van der Waals surface area contributed by atoms with Crippen molar-refractivity contribution in [2.24, 2.45) is 0 Å². The molecule has 148 valence electrons. The minimum absolute atomic E-state index is 0.0520. The quantitative estimate of drug-likeness (QED) is 0.714. The molecule has 7 nitrogen and oxygen atoms in total. The number of para-hydroxylation sites is 1. The summed E-state index contributed by atoms with van der Waals surface area (Å²) in [6.45, 7) is 2.48. The maximum Gasteiger partial charge on any atom is 0.355 e. The molecule has 0 unspecified atom stereocenters. The number of ether oxygens (including phenoxy) is 3. The topological polar surface area (TPSA) is 68.3 Å². The van der Waals surface area contributed by atoms with Crippen LogP contribution in [0, 0.1) is 0 Å². The summed E-state index contributed by atoms with van der Waals surface area (Å²) in [5.41, 5.74) is 1.55. The Hall–Kier alpha value is -2.77. The van der Waals surface area contributed by atoms with E-state index in [2.05, 4.69) is 4.90 Å². The Morgan fingerprint density at radius 2 is 1.79 bits per heavy atom. The van der Waals surface area contributed by atoms with Gasteiger partial charge in [0, 0.05) is 19.3 Å². The van der Waals surface area contributed by atoms with Gasteiger partial charge in [0.15, 0.2) is 0 Å². The van der Waals surface area contributed by atoms with E-state index in [1.807, 2.05) is 6.07 Å². The third-order valence-corrected chi connectivity index (χ3v) is 4.75. The minimum Gasteiger partial charge on any atom is -0.465 e. The van der Waals surface area contributed by atoms with E-state index >= 15 is 0 Å². The molecule has 2 heterocycles. The molecule has 0 amide bonds. The molecule has 0 aromatic heterocycles. The molecule has 2 aliphatic rings. The van der Waals surface area contributed by atoms with Crippen molar-refractivity contribution in [2.45, 2.75) is 0 Å². The first kappa shape index (κ1) is 20.0. The average Bonchev–Trinajstić information content (AvgIpc) is 2.96. The lowest BCUT2D eigenvalue weighted by Gasteiger charge is -2.34. The van der Waals surface area contributed by atoms with Gasteiger partial charge in [0.2, 0.25) is 0 Å². The monoisotopic (exact) mass is 404 g/mol. The molecule has 0 saturated carbocycles. The number of anilines is 2. The SMILES string of the molecule is COC(=O)C1=C(C(=O)OC)N(c2cccc(Cl)c2N2CCOCC2)C=CC=C1. The van der Waals surface area contributed by atoms with Gasteiger partial charge in [0.05, 0.1) is 49.4 Å². The van der Waals surface area contributed by atoms with Crippen molar-refractivity contribution in [3.05, 3.63) is 58.9 Å². The first-order valence-corrected chi connectivity index (χ1v) is 9.12. The van der Waals surface area contributed by atoms with E-state index in [4.69, 9.17) is 25.8 Å². The molecule has 0 radical (unpaired) electrons. The maximum atomic E-state index is 12.6. The standard InChI is InChI=1S/C20H21ClN2O5/c1-26-19(24)14-6-3-4-9-23(17(14)20(25)27-2)16-8-5-7-15(21)18(16)22-10-12-28-13-11-22/h3-9H,10-13H2,1-2H3. The molecule has 2 aliphatic heterocycles. The first-order chi connectivity index (χ1) is 13.6. The lowest BCUT2D eigenvalue weighted by atomic mass is 10.1. The van der Waals surface area contributed by atoms with Gasteiger partial charge in [0.25, 0.3) is 0 Å². The predicted molar refractivity (Wildman–Crippen MR) is 106 cm³/mol. The van der Waals surface area contributed by atoms with Crippen LogP contribution in [0.25, 0.3) is 0 Å². The molecule has 1 saturated heterocycles. The second-order valence-electron chi connectivity index (χ2n) is 6.02. The van der Waals surface area contributed by atoms with Gasteiger partial charge in [-0.05, 0) is 24.3 Å². The number of morpholine rings is 1. The highest BCUT2D eigenvalue weighted by Gasteiger charge is 2.30. The predicted octanol–water partition coefficient (Wildman–Crippen LogP) is 2.67. The van der Waals surface area contributed by atoms with Crippen LogP contribution in [0.2, 0.25) is 5.02 Å². The van der Waals surface area contributed by atoms with Crippen LogP contribution in [0.3, 0.4) is 0 Å². The summed E-state index contributed by atoms with van der Waals surface area (Å²) in [4.78, 5) is 28.7. The van der Waals surface area contributed by atoms with Crippen molar-refractivity contribution < 1.29 is 23.8 Å². The van der Waals surface area contributed by atoms with Crippen molar-refractivity contribution >= 4 is 34.9 Å². The highest BCUT2D eigenvalue weighted by Crippen LogP contribution is 2.39. The van der Waals surface area contributed by atoms with Gasteiger partial charge in [-0.15, -0.1) is 0 Å². The highest BCUT2D eigenvalue weighted by atomic mass is 35.5. The molecule has 1 fully saturated rings. The van der Waals surface area contributed by atoms with Crippen molar-refractivity contribution in [1.82, 2.24) is 0 Å². The van der Waals surface area contributed by atoms with Crippen molar-refractivity contribution in [2.75, 3.05) is 50.3 Å². The average molecular weight is 405 g/mol. The van der Waals surface area contributed by atoms with Crippen molar-refractivity contribution in [3.8, 4) is 0 Å². The van der Waals surface area contributed by atoms with Crippen molar-refractivity contribution in [1.29, 1.82) is 0 Å². The molecule has 0 atom stereocenters. The van der Waals surface area contributed by atoms with Crippen LogP contribution in [-0.4, -0.2) is 52.5 Å². The number of nitrogens with zero attached hydrogens (tertiary/aromatic N) is 2. The number of hydrogen-bond acceptors (Lipinski definition) is 7. The summed E-state index contributed by atoms with van der Waals surface area (Å²) in [5, 5.41) is 0.536. The number of allylic oxidation sites excluding steroid dienone is 2. The van der Waals surface area contributed by atoms with Crippen LogP contribution in [-0.2, 0) is 23.8 Å². The van der Waals surface area contributed by atoms with Crippen LogP contribution in [0.4, 0.5) is 11.4 Å². The van der Waals surface area contributed by atoms with Gasteiger partial charge in [-0.3, -0.25) is 0 Å². The van der Waals surface area contributed by atoms with Gasteiger partial charge < -0.3 is 24.0 Å². The zero-order chi connectivity index (χ0) is 20.1. The Bertz CT molecular complexity index is 856. The van der Waals surface area contributed by atoms with Gasteiger partial charge in [0.1, 0.15) is 5.70 Å². The minimum atomic E-state index is -0.662. The number of carbonyl (C=O) groups is 2. The molecule has 0 bridgehead atoms. The smallest absolute Gasteiger partial charge is 0.355 e. The highest BCUT2D eigenvalue weighted by molar-refractivity contribution is 6.34. The van der Waals surface area contributed by atoms with Crippen LogP contribution in [0.15, 0.2) is 53.9 Å². The number of carbonyl (C=O) groups excluding carboxylic acids is 2. The zero-order valence-electron chi connectivity index (χ0n) is 15.7. The number of benzene rings is 1. The normalized spacial score (nSPS) is 16.8. The van der Waals surface area contributed by atoms with Gasteiger partial charge in [-0.25, -0.2) is 9.59 Å². The van der Waals surface area contributed by atoms with E-state index in [1.165, 1.54) is 20.3 Å². The summed E-state index contributed by atoms with van der Waals surface area (Å²) < 4.78 is 15.3. The summed E-state index contributed by atoms with van der Waals surface area (Å²) in [5.74, 6) is -1.30. The van der Waals surface area contributed by atoms with Crippen LogP contribution in [0.5, 0.6) is 0 Å². The van der Waals surface area contributed by atoms with E-state index in [0.717, 1.165) is 5.69 Å². The Morgan fingerprint density at radius 3 is 2.46 bits per heavy atom. The summed E-state index contributed by atoms with van der Waals surface area (Å²) in [6.07, 6.45) is 6.60. The van der Waals surface area contributed by atoms with Crippen molar-refractivity contribution in [3.63, 3.8) is 0 Å². The van der Waals surface area contributed by atoms with E-state index in [0.29, 0.717) is 37.0 Å². The number of hydrogen-bond donors (Lipinski definition) is 0. The van der Waals surface area contributed by atoms with E-state index in [9.17, 15) is 9.59 Å². The van der Waals surface area contributed by atoms with Gasteiger partial charge >= 0.3 is 11.9 Å². The maximum absolute atomic E-state index is 12.6. The Balaban J connectivity index is 2.19. The number of rotatable bonds is 4. The molecular formula is C20H21ClN2O5. The lowest BCUT2D eigenvalue weighted by molar-refractivity contribution is -0.139. The molecule has 3 rings (SSSR count). The second-order valence-corrected chi connectivity index (χ2v) is 6.43. The molecule has 28 heavy (non-hydrogen) atoms. The fourth-order valence-electron chi connectivity index (χ4n) is 3.15. The number of esters is 2. The van der Waals surface area contributed by atoms with Gasteiger partial charge in [-0.1, -0.05) is 23.7 Å². The van der Waals surface area contributed by atoms with Gasteiger partial charge in [-0.2, -0.15) is 0 Å². The molecular weight excluding hydrogens is 384 g/mol. The lowest BCUT2D eigenvalue weighted by Crippen LogP contribution is -2.37.